The van der Waals surface area contributed by atoms with E-state index in [0.717, 1.165) is 28.3 Å². The number of aryl methyl sites for hydroxylation is 2. The van der Waals surface area contributed by atoms with Gasteiger partial charge in [-0.05, 0) is 43.2 Å². The second kappa shape index (κ2) is 6.68. The molecule has 0 atom stereocenters. The topological polar surface area (TPSA) is 81.2 Å². The smallest absolute Gasteiger partial charge is 0.249 e. The molecule has 0 saturated carbocycles. The van der Waals surface area contributed by atoms with Crippen LogP contribution >= 0.6 is 11.6 Å². The lowest BCUT2D eigenvalue weighted by molar-refractivity contribution is 0.174. The monoisotopic (exact) mass is 369 g/mol. The highest BCUT2D eigenvalue weighted by Gasteiger charge is 2.14. The Hall–Kier alpha value is -3.06. The van der Waals surface area contributed by atoms with Crippen molar-refractivity contribution in [3.63, 3.8) is 0 Å². The Morgan fingerprint density at radius 2 is 1.88 bits per heavy atom. The third-order valence-corrected chi connectivity index (χ3v) is 4.17. The Morgan fingerprint density at radius 3 is 2.73 bits per heavy atom. The number of benzene rings is 2. The molecule has 0 amide bonds. The standard InChI is InChI=1S/C18H16ClN5O2/c1-10-5-11(2)17(13(19)6-10)23-18-22-16(8-20-24-18)21-12-3-4-14-15(7-12)26-9-25-14/h3-8H,9H2,1-2H3,(H2,21,22,23,24). The van der Waals surface area contributed by atoms with E-state index in [4.69, 9.17) is 21.1 Å². The van der Waals surface area contributed by atoms with E-state index >= 15 is 0 Å². The van der Waals surface area contributed by atoms with Crippen molar-refractivity contribution in [1.82, 2.24) is 15.2 Å². The fraction of sp³-hybridized carbons (Fsp3) is 0.167. The van der Waals surface area contributed by atoms with Gasteiger partial charge in [0.05, 0.1) is 16.9 Å². The van der Waals surface area contributed by atoms with Gasteiger partial charge in [-0.15, -0.1) is 5.10 Å². The van der Waals surface area contributed by atoms with Crippen LogP contribution in [-0.2, 0) is 0 Å². The molecule has 1 aliphatic heterocycles. The lowest BCUT2D eigenvalue weighted by atomic mass is 10.1. The molecule has 4 rings (SSSR count). The summed E-state index contributed by atoms with van der Waals surface area (Å²) in [6.07, 6.45) is 1.54. The molecule has 0 fully saturated rings. The predicted molar refractivity (Wildman–Crippen MR) is 99.9 cm³/mol. The SMILES string of the molecule is Cc1cc(C)c(Nc2nncc(Nc3ccc4c(c3)OCO4)n2)c(Cl)c1. The fourth-order valence-corrected chi connectivity index (χ4v) is 3.09. The van der Waals surface area contributed by atoms with Crippen LogP contribution in [0.1, 0.15) is 11.1 Å². The van der Waals surface area contributed by atoms with Gasteiger partial charge < -0.3 is 20.1 Å². The van der Waals surface area contributed by atoms with Crippen LogP contribution in [0.4, 0.5) is 23.1 Å². The van der Waals surface area contributed by atoms with Gasteiger partial charge in [0.25, 0.3) is 0 Å². The average Bonchev–Trinajstić information content (AvgIpc) is 3.06. The van der Waals surface area contributed by atoms with Gasteiger partial charge >= 0.3 is 0 Å². The molecule has 0 bridgehead atoms. The Balaban J connectivity index is 1.56. The maximum atomic E-state index is 6.33. The number of nitrogens with zero attached hydrogens (tertiary/aromatic N) is 3. The molecular weight excluding hydrogens is 354 g/mol. The van der Waals surface area contributed by atoms with E-state index in [2.05, 4.69) is 25.8 Å². The summed E-state index contributed by atoms with van der Waals surface area (Å²) in [5.41, 5.74) is 3.67. The number of hydrogen-bond donors (Lipinski definition) is 2. The number of halogens is 1. The predicted octanol–water partition coefficient (Wildman–Crippen LogP) is 4.36. The zero-order valence-electron chi connectivity index (χ0n) is 14.2. The van der Waals surface area contributed by atoms with Gasteiger partial charge in [0.1, 0.15) is 0 Å². The minimum absolute atomic E-state index is 0.235. The lowest BCUT2D eigenvalue weighted by Crippen LogP contribution is -2.04. The molecule has 7 nitrogen and oxygen atoms in total. The second-order valence-electron chi connectivity index (χ2n) is 5.92. The molecule has 2 heterocycles. The number of ether oxygens (including phenoxy) is 2. The number of aromatic nitrogens is 3. The van der Waals surface area contributed by atoms with E-state index in [9.17, 15) is 0 Å². The molecule has 0 radical (unpaired) electrons. The Bertz CT molecular complexity index is 957. The van der Waals surface area contributed by atoms with E-state index in [-0.39, 0.29) is 6.79 Å². The van der Waals surface area contributed by atoms with Crippen molar-refractivity contribution in [2.45, 2.75) is 13.8 Å². The summed E-state index contributed by atoms with van der Waals surface area (Å²) in [6, 6.07) is 9.49. The van der Waals surface area contributed by atoms with Gasteiger partial charge in [0.2, 0.25) is 12.7 Å². The number of rotatable bonds is 4. The number of anilines is 4. The number of nitrogens with one attached hydrogen (secondary N) is 2. The average molecular weight is 370 g/mol. The van der Waals surface area contributed by atoms with Crippen LogP contribution in [0.15, 0.2) is 36.5 Å². The van der Waals surface area contributed by atoms with Crippen LogP contribution in [0.3, 0.4) is 0 Å². The van der Waals surface area contributed by atoms with Crippen molar-refractivity contribution in [3.05, 3.63) is 52.7 Å². The fourth-order valence-electron chi connectivity index (χ4n) is 2.72. The van der Waals surface area contributed by atoms with Crippen molar-refractivity contribution in [3.8, 4) is 11.5 Å². The molecule has 2 aromatic carbocycles. The van der Waals surface area contributed by atoms with Crippen LogP contribution in [0.2, 0.25) is 5.02 Å². The van der Waals surface area contributed by atoms with E-state index in [1.807, 2.05) is 44.2 Å². The summed E-state index contributed by atoms with van der Waals surface area (Å²) >= 11 is 6.33. The third-order valence-electron chi connectivity index (χ3n) is 3.87. The maximum Gasteiger partial charge on any atom is 0.249 e. The summed E-state index contributed by atoms with van der Waals surface area (Å²) in [6.45, 7) is 4.21. The van der Waals surface area contributed by atoms with Crippen molar-refractivity contribution < 1.29 is 9.47 Å². The molecule has 1 aliphatic rings. The van der Waals surface area contributed by atoms with Crippen LogP contribution < -0.4 is 20.1 Å². The highest BCUT2D eigenvalue weighted by molar-refractivity contribution is 6.33. The van der Waals surface area contributed by atoms with Gasteiger partial charge in [-0.1, -0.05) is 17.7 Å². The number of hydrogen-bond acceptors (Lipinski definition) is 7. The van der Waals surface area contributed by atoms with Crippen LogP contribution in [0.25, 0.3) is 0 Å². The van der Waals surface area contributed by atoms with Crippen LogP contribution in [0.5, 0.6) is 11.5 Å². The first-order chi connectivity index (χ1) is 12.6. The van der Waals surface area contributed by atoms with Crippen molar-refractivity contribution >= 4 is 34.7 Å². The van der Waals surface area contributed by atoms with Crippen LogP contribution in [-0.4, -0.2) is 22.0 Å². The first-order valence-electron chi connectivity index (χ1n) is 7.99. The molecule has 26 heavy (non-hydrogen) atoms. The summed E-state index contributed by atoms with van der Waals surface area (Å²) in [4.78, 5) is 4.43. The molecule has 8 heteroatoms. The quantitative estimate of drug-likeness (QED) is 0.707. The summed E-state index contributed by atoms with van der Waals surface area (Å²) in [5.74, 6) is 2.31. The van der Waals surface area contributed by atoms with Crippen molar-refractivity contribution in [2.24, 2.45) is 0 Å². The van der Waals surface area contributed by atoms with Crippen molar-refractivity contribution in [2.75, 3.05) is 17.4 Å². The third kappa shape index (κ3) is 3.34. The van der Waals surface area contributed by atoms with Gasteiger partial charge in [-0.2, -0.15) is 10.1 Å². The van der Waals surface area contributed by atoms with E-state index < -0.39 is 0 Å². The first-order valence-corrected chi connectivity index (χ1v) is 8.36. The van der Waals surface area contributed by atoms with Crippen LogP contribution in [0, 0.1) is 13.8 Å². The lowest BCUT2D eigenvalue weighted by Gasteiger charge is -2.12. The highest BCUT2D eigenvalue weighted by Crippen LogP contribution is 2.35. The molecule has 2 N–H and O–H groups in total. The molecule has 0 unspecified atom stereocenters. The Morgan fingerprint density at radius 1 is 1.04 bits per heavy atom. The minimum atomic E-state index is 0.235. The maximum absolute atomic E-state index is 6.33. The van der Waals surface area contributed by atoms with Gasteiger partial charge in [-0.3, -0.25) is 0 Å². The largest absolute Gasteiger partial charge is 0.454 e. The summed E-state index contributed by atoms with van der Waals surface area (Å²) in [5, 5.41) is 14.9. The van der Waals surface area contributed by atoms with Crippen molar-refractivity contribution in [1.29, 1.82) is 0 Å². The molecule has 1 aromatic heterocycles. The molecular formula is C18H16ClN5O2. The molecule has 0 aliphatic carbocycles. The van der Waals surface area contributed by atoms with E-state index in [1.54, 1.807) is 6.20 Å². The molecule has 0 spiro atoms. The minimum Gasteiger partial charge on any atom is -0.454 e. The second-order valence-corrected chi connectivity index (χ2v) is 6.33. The van der Waals surface area contributed by atoms with E-state index in [0.29, 0.717) is 22.5 Å². The molecule has 0 saturated heterocycles. The molecule has 3 aromatic rings. The zero-order valence-corrected chi connectivity index (χ0v) is 15.0. The van der Waals surface area contributed by atoms with E-state index in [1.165, 1.54) is 0 Å². The number of fused-ring (bicyclic) bond motifs is 1. The van der Waals surface area contributed by atoms with Gasteiger partial charge in [-0.25, -0.2) is 0 Å². The normalized spacial score (nSPS) is 12.1. The highest BCUT2D eigenvalue weighted by atomic mass is 35.5. The summed E-state index contributed by atoms with van der Waals surface area (Å²) < 4.78 is 10.7. The zero-order chi connectivity index (χ0) is 18.1. The Labute approximate surface area is 155 Å². The summed E-state index contributed by atoms with van der Waals surface area (Å²) in [7, 11) is 0. The van der Waals surface area contributed by atoms with Gasteiger partial charge in [0.15, 0.2) is 17.3 Å². The van der Waals surface area contributed by atoms with Gasteiger partial charge in [0, 0.05) is 11.8 Å². The Kier molecular flexibility index (Phi) is 4.22. The molecule has 132 valence electrons. The first kappa shape index (κ1) is 16.4.